The first-order chi connectivity index (χ1) is 24.5. The molecule has 1 aliphatic heterocycles. The van der Waals surface area contributed by atoms with Crippen LogP contribution in [0.15, 0.2) is 24.3 Å². The van der Waals surface area contributed by atoms with Crippen molar-refractivity contribution in [3.05, 3.63) is 39.9 Å². The highest BCUT2D eigenvalue weighted by Crippen LogP contribution is 2.29. The van der Waals surface area contributed by atoms with Crippen molar-refractivity contribution in [3.63, 3.8) is 0 Å². The maximum atomic E-state index is 13.9. The van der Waals surface area contributed by atoms with E-state index in [2.05, 4.69) is 19.2 Å². The quantitative estimate of drug-likeness (QED) is 0.164. The van der Waals surface area contributed by atoms with Crippen LogP contribution in [0.2, 0.25) is 0 Å². The zero-order chi connectivity index (χ0) is 39.7. The number of likely N-dealkylation sites (tertiary alicyclic amines) is 1. The fraction of sp³-hybridized carbons (Fsp3) is 0.737. The molecule has 296 valence electrons. The third-order valence-electron chi connectivity index (χ3n) is 10.1. The van der Waals surface area contributed by atoms with Crippen LogP contribution in [0.4, 0.5) is 5.69 Å². The predicted molar refractivity (Wildman–Crippen MR) is 203 cm³/mol. The summed E-state index contributed by atoms with van der Waals surface area (Å²) in [5.41, 5.74) is 0.900. The number of non-ortho nitro benzene ring substituents is 1. The summed E-state index contributed by atoms with van der Waals surface area (Å²) >= 11 is 0. The minimum atomic E-state index is -0.598. The molecule has 1 aromatic carbocycles. The van der Waals surface area contributed by atoms with Crippen molar-refractivity contribution in [2.75, 3.05) is 62.0 Å². The molecule has 0 bridgehead atoms. The van der Waals surface area contributed by atoms with Gasteiger partial charge in [0.2, 0.25) is 23.6 Å². The van der Waals surface area contributed by atoms with E-state index in [0.717, 1.165) is 18.4 Å². The number of hydrogen-bond donors (Lipinski definition) is 1. The summed E-state index contributed by atoms with van der Waals surface area (Å²) in [5.74, 6) is -1.31. The van der Waals surface area contributed by atoms with Crippen molar-refractivity contribution >= 4 is 29.3 Å². The van der Waals surface area contributed by atoms with Gasteiger partial charge in [0.05, 0.1) is 54.1 Å². The number of methoxy groups -OCH3 is 2. The van der Waals surface area contributed by atoms with Crippen molar-refractivity contribution in [2.24, 2.45) is 11.8 Å². The number of likely N-dealkylation sites (N-methyl/N-ethyl adjacent to an activating group) is 3. The molecule has 1 heterocycles. The standard InChI is InChI=1S/C35H58N6O8.C3H8/c1-11-23(2)32(39(8)31(43)22-36-34(44)25(4)37(5)6)29(48-9)21-30(42)40-19-12-13-28(40)33(49-10)24(3)35(45)38(7)20-18-26-14-16-27(17-15-26)41(46)47;1-3-2/h14-17,23-25,28-29,32-33H,11-13,18-22H2,1-10H3,(H,36,44);3H2,1-2H3. The summed E-state index contributed by atoms with van der Waals surface area (Å²) in [6, 6.07) is 5.17. The van der Waals surface area contributed by atoms with Crippen molar-refractivity contribution in [2.45, 2.75) is 110 Å². The first kappa shape index (κ1) is 46.4. The average Bonchev–Trinajstić information content (AvgIpc) is 3.61. The van der Waals surface area contributed by atoms with E-state index in [4.69, 9.17) is 9.47 Å². The Kier molecular flexibility index (Phi) is 20.6. The van der Waals surface area contributed by atoms with Crippen molar-refractivity contribution in [3.8, 4) is 0 Å². The number of rotatable bonds is 19. The fourth-order valence-electron chi connectivity index (χ4n) is 6.53. The average molecular weight is 735 g/mol. The topological polar surface area (TPSA) is 155 Å². The third-order valence-corrected chi connectivity index (χ3v) is 10.1. The van der Waals surface area contributed by atoms with Gasteiger partial charge in [0, 0.05) is 53.5 Å². The Balaban J connectivity index is 0.00000434. The second-order valence-electron chi connectivity index (χ2n) is 14.1. The van der Waals surface area contributed by atoms with Gasteiger partial charge in [-0.2, -0.15) is 0 Å². The number of nitro groups is 1. The SMILES string of the molecule is CCC.CCC(C)C(C(CC(=O)N1CCCC1C(OC)C(C)C(=O)N(C)CCc1ccc([N+](=O)[O-])cc1)OC)N(C)C(=O)CNC(=O)C(C)N(C)C. The molecule has 4 amide bonds. The maximum Gasteiger partial charge on any atom is 0.269 e. The molecule has 0 aliphatic carbocycles. The molecule has 2 rings (SSSR count). The molecule has 0 aromatic heterocycles. The van der Waals surface area contributed by atoms with Gasteiger partial charge in [0.1, 0.15) is 0 Å². The Morgan fingerprint density at radius 3 is 2.10 bits per heavy atom. The Hall–Kier alpha value is -3.62. The Morgan fingerprint density at radius 1 is 1.00 bits per heavy atom. The molecule has 1 fully saturated rings. The van der Waals surface area contributed by atoms with Crippen LogP contribution in [-0.2, 0) is 35.1 Å². The summed E-state index contributed by atoms with van der Waals surface area (Å²) in [5, 5.41) is 13.7. The van der Waals surface area contributed by atoms with E-state index in [9.17, 15) is 29.3 Å². The van der Waals surface area contributed by atoms with Gasteiger partial charge >= 0.3 is 0 Å². The van der Waals surface area contributed by atoms with E-state index in [0.29, 0.717) is 25.9 Å². The molecular weight excluding hydrogens is 668 g/mol. The van der Waals surface area contributed by atoms with Crippen LogP contribution >= 0.6 is 0 Å². The second-order valence-corrected chi connectivity index (χ2v) is 14.1. The lowest BCUT2D eigenvalue weighted by molar-refractivity contribution is -0.384. The first-order valence-corrected chi connectivity index (χ1v) is 18.5. The molecule has 52 heavy (non-hydrogen) atoms. The molecule has 0 spiro atoms. The number of carbonyl (C=O) groups is 4. The number of ether oxygens (including phenoxy) is 2. The van der Waals surface area contributed by atoms with Gasteiger partial charge in [-0.25, -0.2) is 0 Å². The number of nitrogens with zero attached hydrogens (tertiary/aromatic N) is 5. The summed E-state index contributed by atoms with van der Waals surface area (Å²) < 4.78 is 11.8. The Morgan fingerprint density at radius 2 is 1.60 bits per heavy atom. The summed E-state index contributed by atoms with van der Waals surface area (Å²) in [6.45, 7) is 12.6. The lowest BCUT2D eigenvalue weighted by atomic mass is 9.90. The van der Waals surface area contributed by atoms with E-state index in [1.165, 1.54) is 18.6 Å². The van der Waals surface area contributed by atoms with Gasteiger partial charge < -0.3 is 29.5 Å². The minimum absolute atomic E-state index is 0.00313. The molecule has 0 saturated carbocycles. The molecule has 1 N–H and O–H groups in total. The summed E-state index contributed by atoms with van der Waals surface area (Å²) in [4.78, 5) is 70.5. The highest BCUT2D eigenvalue weighted by molar-refractivity contribution is 5.87. The second kappa shape index (κ2) is 23.1. The van der Waals surface area contributed by atoms with Gasteiger partial charge in [0.15, 0.2) is 0 Å². The normalized spacial score (nSPS) is 17.6. The zero-order valence-corrected chi connectivity index (χ0v) is 33.7. The third kappa shape index (κ3) is 13.4. The molecule has 1 aliphatic rings. The van der Waals surface area contributed by atoms with Crippen LogP contribution in [0.5, 0.6) is 0 Å². The predicted octanol–water partition coefficient (Wildman–Crippen LogP) is 4.00. The molecule has 0 radical (unpaired) electrons. The van der Waals surface area contributed by atoms with E-state index in [-0.39, 0.29) is 54.2 Å². The molecule has 1 saturated heterocycles. The molecular formula is C38H66N6O8. The molecule has 7 atom stereocenters. The lowest BCUT2D eigenvalue weighted by Crippen LogP contribution is -2.54. The Labute approximate surface area is 311 Å². The monoisotopic (exact) mass is 734 g/mol. The number of nitrogens with one attached hydrogen (secondary N) is 1. The van der Waals surface area contributed by atoms with Gasteiger partial charge in [0.25, 0.3) is 5.69 Å². The van der Waals surface area contributed by atoms with E-state index < -0.39 is 35.1 Å². The summed E-state index contributed by atoms with van der Waals surface area (Å²) in [6.07, 6.45) is 2.89. The smallest absolute Gasteiger partial charge is 0.269 e. The minimum Gasteiger partial charge on any atom is -0.379 e. The maximum absolute atomic E-state index is 13.9. The van der Waals surface area contributed by atoms with Crippen LogP contribution in [0.1, 0.15) is 79.2 Å². The van der Waals surface area contributed by atoms with Crippen molar-refractivity contribution in [1.82, 2.24) is 24.9 Å². The number of amides is 4. The molecule has 14 heteroatoms. The number of carbonyl (C=O) groups excluding carboxylic acids is 4. The van der Waals surface area contributed by atoms with Crippen molar-refractivity contribution in [1.29, 1.82) is 0 Å². The number of benzene rings is 1. The van der Waals surface area contributed by atoms with Crippen molar-refractivity contribution < 1.29 is 33.6 Å². The van der Waals surface area contributed by atoms with Crippen LogP contribution in [-0.4, -0.2) is 141 Å². The molecule has 1 aromatic rings. The van der Waals surface area contributed by atoms with Gasteiger partial charge in [-0.05, 0) is 51.8 Å². The highest BCUT2D eigenvalue weighted by atomic mass is 16.6. The zero-order valence-electron chi connectivity index (χ0n) is 33.7. The van der Waals surface area contributed by atoms with Crippen LogP contribution in [0, 0.1) is 22.0 Å². The van der Waals surface area contributed by atoms with Gasteiger partial charge in [-0.3, -0.25) is 34.2 Å². The fourth-order valence-corrected chi connectivity index (χ4v) is 6.53. The van der Waals surface area contributed by atoms with E-state index >= 15 is 0 Å². The first-order valence-electron chi connectivity index (χ1n) is 18.5. The van der Waals surface area contributed by atoms with Crippen LogP contribution in [0.3, 0.4) is 0 Å². The molecule has 7 unspecified atom stereocenters. The van der Waals surface area contributed by atoms with Gasteiger partial charge in [-0.1, -0.05) is 59.6 Å². The van der Waals surface area contributed by atoms with Crippen LogP contribution in [0.25, 0.3) is 0 Å². The van der Waals surface area contributed by atoms with E-state index in [1.807, 2.05) is 20.8 Å². The van der Waals surface area contributed by atoms with Gasteiger partial charge in [-0.15, -0.1) is 0 Å². The highest BCUT2D eigenvalue weighted by Gasteiger charge is 2.42. The van der Waals surface area contributed by atoms with Crippen LogP contribution < -0.4 is 5.32 Å². The largest absolute Gasteiger partial charge is 0.379 e. The summed E-state index contributed by atoms with van der Waals surface area (Å²) in [7, 11) is 10.1. The number of hydrogen-bond acceptors (Lipinski definition) is 9. The lowest BCUT2D eigenvalue weighted by Gasteiger charge is -2.39. The van der Waals surface area contributed by atoms with E-state index in [1.54, 1.807) is 81.1 Å². The number of nitro benzene ring substituents is 1. The molecule has 14 nitrogen and oxygen atoms in total. The Bertz CT molecular complexity index is 1280.